The molecule has 0 spiro atoms. The highest BCUT2D eigenvalue weighted by molar-refractivity contribution is 9.10. The largest absolute Gasteiger partial charge is 0.322 e. The van der Waals surface area contributed by atoms with Crippen molar-refractivity contribution in [2.75, 3.05) is 11.9 Å². The average Bonchev–Trinajstić information content (AvgIpc) is 2.34. The minimum atomic E-state index is -0.427. The second-order valence-electron chi connectivity index (χ2n) is 4.12. The smallest absolute Gasteiger partial charge is 0.241 e. The lowest BCUT2D eigenvalue weighted by Gasteiger charge is -2.22. The van der Waals surface area contributed by atoms with Gasteiger partial charge in [0.1, 0.15) is 5.82 Å². The highest BCUT2D eigenvalue weighted by Gasteiger charge is 2.21. The van der Waals surface area contributed by atoms with Crippen LogP contribution in [0.15, 0.2) is 22.7 Å². The van der Waals surface area contributed by atoms with Crippen LogP contribution in [-0.4, -0.2) is 18.5 Å². The summed E-state index contributed by atoms with van der Waals surface area (Å²) in [7, 11) is 0. The molecule has 2 N–H and O–H groups in total. The SMILES string of the molecule is Cl.O=C(Nc1ccc(Br)cc1F)[C@@H]1CCCCN1. The summed E-state index contributed by atoms with van der Waals surface area (Å²) in [6, 6.07) is 4.39. The monoisotopic (exact) mass is 336 g/mol. The van der Waals surface area contributed by atoms with Gasteiger partial charge >= 0.3 is 0 Å². The normalized spacial score (nSPS) is 18.9. The summed E-state index contributed by atoms with van der Waals surface area (Å²) in [6.07, 6.45) is 2.94. The van der Waals surface area contributed by atoms with Crippen molar-refractivity contribution < 1.29 is 9.18 Å². The molecule has 1 fully saturated rings. The van der Waals surface area contributed by atoms with Crippen molar-refractivity contribution in [3.05, 3.63) is 28.5 Å². The van der Waals surface area contributed by atoms with Gasteiger partial charge in [-0.2, -0.15) is 0 Å². The van der Waals surface area contributed by atoms with E-state index >= 15 is 0 Å². The van der Waals surface area contributed by atoms with Gasteiger partial charge in [0.15, 0.2) is 0 Å². The molecule has 6 heteroatoms. The molecule has 3 nitrogen and oxygen atoms in total. The second kappa shape index (κ2) is 7.07. The molecule has 1 aromatic rings. The van der Waals surface area contributed by atoms with Crippen molar-refractivity contribution in [3.63, 3.8) is 0 Å². The van der Waals surface area contributed by atoms with Gasteiger partial charge in [0.05, 0.1) is 11.7 Å². The van der Waals surface area contributed by atoms with Gasteiger partial charge in [-0.3, -0.25) is 4.79 Å². The maximum absolute atomic E-state index is 13.5. The van der Waals surface area contributed by atoms with Gasteiger partial charge < -0.3 is 10.6 Å². The van der Waals surface area contributed by atoms with E-state index in [-0.39, 0.29) is 30.0 Å². The number of carbonyl (C=O) groups excluding carboxylic acids is 1. The lowest BCUT2D eigenvalue weighted by Crippen LogP contribution is -2.43. The molecule has 0 radical (unpaired) electrons. The first-order valence-corrected chi connectivity index (χ1v) is 6.45. The van der Waals surface area contributed by atoms with Crippen LogP contribution in [0.2, 0.25) is 0 Å². The molecule has 1 amide bonds. The molecule has 1 aliphatic rings. The van der Waals surface area contributed by atoms with Crippen LogP contribution in [0, 0.1) is 5.82 Å². The minimum Gasteiger partial charge on any atom is -0.322 e. The molecule has 1 atom stereocenters. The first-order chi connectivity index (χ1) is 8.16. The standard InChI is InChI=1S/C12H14BrFN2O.ClH/c13-8-4-5-10(9(14)7-8)16-12(17)11-3-1-2-6-15-11;/h4-5,7,11,15H,1-3,6H2,(H,16,17);1H/t11-;/m0./s1. The zero-order chi connectivity index (χ0) is 12.3. The van der Waals surface area contributed by atoms with Crippen LogP contribution in [0.1, 0.15) is 19.3 Å². The topological polar surface area (TPSA) is 41.1 Å². The van der Waals surface area contributed by atoms with Crippen molar-refractivity contribution in [2.45, 2.75) is 25.3 Å². The number of carbonyl (C=O) groups is 1. The highest BCUT2D eigenvalue weighted by atomic mass is 79.9. The summed E-state index contributed by atoms with van der Waals surface area (Å²) >= 11 is 3.17. The third-order valence-corrected chi connectivity index (χ3v) is 3.31. The molecular formula is C12H15BrClFN2O. The van der Waals surface area contributed by atoms with E-state index in [1.807, 2.05) is 0 Å². The zero-order valence-electron chi connectivity index (χ0n) is 9.71. The van der Waals surface area contributed by atoms with Gasteiger partial charge in [-0.25, -0.2) is 4.39 Å². The summed E-state index contributed by atoms with van der Waals surface area (Å²) in [5, 5.41) is 5.74. The van der Waals surface area contributed by atoms with Crippen molar-refractivity contribution in [2.24, 2.45) is 0 Å². The molecule has 0 saturated carbocycles. The van der Waals surface area contributed by atoms with Gasteiger partial charge in [0.2, 0.25) is 5.91 Å². The maximum Gasteiger partial charge on any atom is 0.241 e. The van der Waals surface area contributed by atoms with Crippen molar-refractivity contribution in [1.82, 2.24) is 5.32 Å². The lowest BCUT2D eigenvalue weighted by atomic mass is 10.0. The van der Waals surface area contributed by atoms with Gasteiger partial charge in [-0.1, -0.05) is 22.4 Å². The van der Waals surface area contributed by atoms with E-state index in [4.69, 9.17) is 0 Å². The lowest BCUT2D eigenvalue weighted by molar-refractivity contribution is -0.118. The van der Waals surface area contributed by atoms with E-state index in [9.17, 15) is 9.18 Å². The Hall–Kier alpha value is -0.650. The van der Waals surface area contributed by atoms with Gasteiger partial charge in [-0.15, -0.1) is 12.4 Å². The summed E-state index contributed by atoms with van der Waals surface area (Å²) < 4.78 is 14.2. The van der Waals surface area contributed by atoms with E-state index in [0.29, 0.717) is 4.47 Å². The molecule has 100 valence electrons. The molecule has 18 heavy (non-hydrogen) atoms. The molecule has 0 aromatic heterocycles. The number of nitrogens with one attached hydrogen (secondary N) is 2. The quantitative estimate of drug-likeness (QED) is 0.871. The summed E-state index contributed by atoms with van der Waals surface area (Å²) in [5.74, 6) is -0.588. The van der Waals surface area contributed by atoms with Gasteiger partial charge in [0, 0.05) is 4.47 Å². The summed E-state index contributed by atoms with van der Waals surface area (Å²) in [6.45, 7) is 0.848. The molecule has 1 aromatic carbocycles. The number of amides is 1. The molecule has 1 heterocycles. The fourth-order valence-corrected chi connectivity index (χ4v) is 2.22. The zero-order valence-corrected chi connectivity index (χ0v) is 12.1. The van der Waals surface area contributed by atoms with Crippen molar-refractivity contribution >= 4 is 39.9 Å². The predicted octanol–water partition coefficient (Wildman–Crippen LogP) is 3.09. The third kappa shape index (κ3) is 3.93. The Labute approximate surface area is 120 Å². The van der Waals surface area contributed by atoms with Crippen LogP contribution < -0.4 is 10.6 Å². The van der Waals surface area contributed by atoms with Gasteiger partial charge in [-0.05, 0) is 37.6 Å². The predicted molar refractivity (Wildman–Crippen MR) is 75.6 cm³/mol. The average molecular weight is 338 g/mol. The summed E-state index contributed by atoms with van der Waals surface area (Å²) in [4.78, 5) is 11.9. The molecule has 1 aliphatic heterocycles. The van der Waals surface area contributed by atoms with E-state index in [1.165, 1.54) is 6.07 Å². The number of halogens is 3. The van der Waals surface area contributed by atoms with Crippen LogP contribution in [0.4, 0.5) is 10.1 Å². The van der Waals surface area contributed by atoms with Crippen molar-refractivity contribution in [3.8, 4) is 0 Å². The van der Waals surface area contributed by atoms with Crippen LogP contribution in [0.25, 0.3) is 0 Å². The van der Waals surface area contributed by atoms with E-state index in [1.54, 1.807) is 12.1 Å². The van der Waals surface area contributed by atoms with E-state index in [2.05, 4.69) is 26.6 Å². The van der Waals surface area contributed by atoms with Crippen LogP contribution >= 0.6 is 28.3 Å². The molecule has 2 rings (SSSR count). The molecule has 0 unspecified atom stereocenters. The van der Waals surface area contributed by atoms with E-state index < -0.39 is 5.82 Å². The van der Waals surface area contributed by atoms with Crippen molar-refractivity contribution in [1.29, 1.82) is 0 Å². The molecule has 0 aliphatic carbocycles. The Morgan fingerprint density at radius 1 is 1.44 bits per heavy atom. The number of benzene rings is 1. The number of anilines is 1. The molecule has 1 saturated heterocycles. The molecule has 0 bridgehead atoms. The number of piperidine rings is 1. The Bertz CT molecular complexity index is 425. The number of hydrogen-bond donors (Lipinski definition) is 2. The van der Waals surface area contributed by atoms with Crippen LogP contribution in [0.5, 0.6) is 0 Å². The Balaban J connectivity index is 0.00000162. The Morgan fingerprint density at radius 3 is 2.83 bits per heavy atom. The van der Waals surface area contributed by atoms with Crippen LogP contribution in [-0.2, 0) is 4.79 Å². The third-order valence-electron chi connectivity index (χ3n) is 2.82. The van der Waals surface area contributed by atoms with Crippen LogP contribution in [0.3, 0.4) is 0 Å². The highest BCUT2D eigenvalue weighted by Crippen LogP contribution is 2.20. The fourth-order valence-electron chi connectivity index (χ4n) is 1.89. The molecular weight excluding hydrogens is 323 g/mol. The minimum absolute atomic E-state index is 0. The Morgan fingerprint density at radius 2 is 2.22 bits per heavy atom. The number of rotatable bonds is 2. The Kier molecular flexibility index (Phi) is 6.05. The maximum atomic E-state index is 13.5. The number of hydrogen-bond acceptors (Lipinski definition) is 2. The first-order valence-electron chi connectivity index (χ1n) is 5.66. The first kappa shape index (κ1) is 15.4. The second-order valence-corrected chi connectivity index (χ2v) is 5.03. The fraction of sp³-hybridized carbons (Fsp3) is 0.417. The van der Waals surface area contributed by atoms with E-state index in [0.717, 1.165) is 25.8 Å². The van der Waals surface area contributed by atoms with Gasteiger partial charge in [0.25, 0.3) is 0 Å². The summed E-state index contributed by atoms with van der Waals surface area (Å²) in [5.41, 5.74) is 0.227.